The number of phenols is 3. The molecule has 3 aromatic carbocycles. The van der Waals surface area contributed by atoms with Crippen molar-refractivity contribution < 1.29 is 109 Å². The highest BCUT2D eigenvalue weighted by molar-refractivity contribution is 6.35. The number of aryl methyl sites for hydroxylation is 3. The van der Waals surface area contributed by atoms with Crippen LogP contribution in [0.15, 0.2) is 107 Å². The van der Waals surface area contributed by atoms with Gasteiger partial charge in [0.1, 0.15) is 68.5 Å². The number of aromatic hydroxyl groups is 3. The normalized spacial score (nSPS) is 15.2. The number of amides is 3. The molecule has 9 aromatic heterocycles. The smallest absolute Gasteiger partial charge is 0.422 e. The number of hydrogen-bond donors (Lipinski definition) is 3. The summed E-state index contributed by atoms with van der Waals surface area (Å²) < 4.78 is 261. The minimum absolute atomic E-state index is 0.00270. The van der Waals surface area contributed by atoms with Gasteiger partial charge < -0.3 is 44.7 Å². The third-order valence-corrected chi connectivity index (χ3v) is 25.9. The van der Waals surface area contributed by atoms with Gasteiger partial charge in [0.25, 0.3) is 16.7 Å². The van der Waals surface area contributed by atoms with Gasteiger partial charge in [0.15, 0.2) is 52.2 Å². The van der Waals surface area contributed by atoms with Crippen molar-refractivity contribution in [1.82, 2.24) is 58.3 Å². The van der Waals surface area contributed by atoms with Crippen molar-refractivity contribution >= 4 is 103 Å². The monoisotopic (exact) mass is 2110 g/mol. The molecule has 768 valence electrons. The SMILES string of the molecule is C=CC(=O)N1CCN(c2c(C#N)c(=O)n(-c3c(C)ccnc3C(C)C)c3nc(-c4c(O)c(F)c(F)c(C(F)(F)F)c4F)c(Cl)cc23)C[C@H]1C.C=CC(=O)N1CCN(c2c(C#N)c(=O)n(-c3c(C)ccnc3C(C)C)c3nc(-c4c(O)c(F)c(F)c(C(F)(F)F)c4F)c(Cl)cc23)C[C@H]1C.C=CC(=O)N1CCN(c2c(C#N)c(=O)n(-c3c(C)ccnc3C(C)C)c3nc(-c4c(O)c(F)c(F)c(C(F)(F)F)c4F)c(Cl)cc23)C[C@H]1C. The molecule has 0 bridgehead atoms. The van der Waals surface area contributed by atoms with Crippen molar-refractivity contribution in [2.24, 2.45) is 0 Å². The van der Waals surface area contributed by atoms with Crippen LogP contribution in [0.5, 0.6) is 17.2 Å². The minimum atomic E-state index is -5.73. The first-order chi connectivity index (χ1) is 68.9. The first-order valence-corrected chi connectivity index (χ1v) is 45.4. The maximum absolute atomic E-state index is 15.6. The maximum Gasteiger partial charge on any atom is 0.422 e. The highest BCUT2D eigenvalue weighted by atomic mass is 35.5. The number of pyridine rings is 9. The van der Waals surface area contributed by atoms with Crippen LogP contribution in [0.4, 0.5) is 96.1 Å². The zero-order valence-electron chi connectivity index (χ0n) is 79.2. The van der Waals surface area contributed by atoms with E-state index in [4.69, 9.17) is 34.8 Å². The van der Waals surface area contributed by atoms with Gasteiger partial charge in [0.2, 0.25) is 35.2 Å². The number of nitriles is 3. The van der Waals surface area contributed by atoms with Crippen molar-refractivity contribution in [1.29, 1.82) is 15.8 Å². The summed E-state index contributed by atoms with van der Waals surface area (Å²) in [5.41, 5.74) is -17.4. The molecule has 3 amide bonds. The zero-order valence-corrected chi connectivity index (χ0v) is 81.4. The second-order valence-corrected chi connectivity index (χ2v) is 36.5. The fraction of sp³-hybridized carbons (Fsp3) is 0.303. The molecule has 3 saturated heterocycles. The van der Waals surface area contributed by atoms with Crippen LogP contribution >= 0.6 is 34.8 Å². The number of anilines is 3. The Balaban J connectivity index is 0.000000184. The number of benzene rings is 3. The maximum atomic E-state index is 15.6. The van der Waals surface area contributed by atoms with Gasteiger partial charge in [-0.05, 0) is 131 Å². The van der Waals surface area contributed by atoms with Crippen LogP contribution in [0.2, 0.25) is 15.1 Å². The number of fused-ring (bicyclic) bond motifs is 3. The molecule has 48 heteroatoms. The Morgan fingerprint density at radius 3 is 0.810 bits per heavy atom. The van der Waals surface area contributed by atoms with Crippen LogP contribution in [0.3, 0.4) is 0 Å². The van der Waals surface area contributed by atoms with Crippen molar-refractivity contribution in [2.75, 3.05) is 73.6 Å². The summed E-state index contributed by atoms with van der Waals surface area (Å²) in [4.78, 5) is 116. The second-order valence-electron chi connectivity index (χ2n) is 35.3. The zero-order chi connectivity index (χ0) is 109. The summed E-state index contributed by atoms with van der Waals surface area (Å²) in [5, 5.41) is 60.7. The lowest BCUT2D eigenvalue weighted by atomic mass is 10.0. The van der Waals surface area contributed by atoms with Gasteiger partial charge in [-0.1, -0.05) is 96.1 Å². The molecular weight excluding hydrogens is 2030 g/mol. The van der Waals surface area contributed by atoms with Crippen molar-refractivity contribution in [2.45, 2.75) is 137 Å². The Kier molecular flexibility index (Phi) is 30.6. The molecule has 0 unspecified atom stereocenters. The fourth-order valence-electron chi connectivity index (χ4n) is 18.3. The summed E-state index contributed by atoms with van der Waals surface area (Å²) in [6, 6.07) is 12.4. The van der Waals surface area contributed by atoms with E-state index in [0.717, 1.165) is 50.1 Å². The van der Waals surface area contributed by atoms with E-state index in [1.165, 1.54) is 33.3 Å². The molecule has 3 aliphatic rings. The molecule has 3 aliphatic heterocycles. The summed E-state index contributed by atoms with van der Waals surface area (Å²) in [6.07, 6.45) is -9.31. The van der Waals surface area contributed by atoms with Gasteiger partial charge in [0.05, 0.1) is 100 Å². The number of alkyl halides is 9. The van der Waals surface area contributed by atoms with Crippen LogP contribution in [0, 0.1) is 107 Å². The Bertz CT molecular complexity index is 7210. The molecule has 0 aliphatic carbocycles. The van der Waals surface area contributed by atoms with E-state index < -0.39 is 188 Å². The number of piperazine rings is 3. The summed E-state index contributed by atoms with van der Waals surface area (Å²) in [7, 11) is 0. The lowest BCUT2D eigenvalue weighted by molar-refractivity contribution is -0.143. The van der Waals surface area contributed by atoms with E-state index in [2.05, 4.69) is 49.6 Å². The topological polar surface area (TPSA) is 346 Å². The summed E-state index contributed by atoms with van der Waals surface area (Å²) >= 11 is 19.5. The molecule has 12 aromatic rings. The van der Waals surface area contributed by atoms with Gasteiger partial charge in [0, 0.05) is 112 Å². The first-order valence-electron chi connectivity index (χ1n) is 44.3. The van der Waals surface area contributed by atoms with Crippen molar-refractivity contribution in [3.05, 3.63) is 259 Å². The highest BCUT2D eigenvalue weighted by Gasteiger charge is 2.48. The van der Waals surface area contributed by atoms with Crippen LogP contribution in [0.25, 0.3) is 83.9 Å². The van der Waals surface area contributed by atoms with Crippen LogP contribution in [-0.4, -0.2) is 168 Å². The summed E-state index contributed by atoms with van der Waals surface area (Å²) in [6.45, 7) is 32.3. The molecule has 0 spiro atoms. The van der Waals surface area contributed by atoms with Crippen molar-refractivity contribution in [3.8, 4) is 86.3 Å². The molecule has 12 heterocycles. The number of halogens is 21. The van der Waals surface area contributed by atoms with Crippen molar-refractivity contribution in [3.63, 3.8) is 0 Å². The molecular formula is C99H81Cl3F18N18O9. The van der Waals surface area contributed by atoms with E-state index in [-0.39, 0.29) is 178 Å². The number of rotatable bonds is 15. The Labute approximate surface area is 837 Å². The van der Waals surface area contributed by atoms with Gasteiger partial charge in [-0.25, -0.2) is 41.3 Å². The molecule has 0 saturated carbocycles. The van der Waals surface area contributed by atoms with E-state index in [9.17, 15) is 126 Å². The van der Waals surface area contributed by atoms with Gasteiger partial charge in [-0.15, -0.1) is 0 Å². The molecule has 3 fully saturated rings. The molecule has 0 radical (unpaired) electrons. The van der Waals surface area contributed by atoms with Gasteiger partial charge >= 0.3 is 18.5 Å². The molecule has 3 atom stereocenters. The van der Waals surface area contributed by atoms with Gasteiger partial charge in [-0.2, -0.15) is 68.5 Å². The number of hydrogen-bond acceptors (Lipinski definition) is 21. The average molecular weight is 2120 g/mol. The standard InChI is InChI=1S/3C33H27ClF6N6O3/c3*1-6-20(47)45-10-9-44(13-16(45)5)29-17-11-19(34)27(21-23(35)22(33(38,39)40)24(36)25(37)30(21)48)43-31(17)46(32(49)18(29)12-41)28-15(4)7-8-42-26(28)14(2)3/h3*6-8,11,14,16,48H,1,9-10,13H2,2-5H3/t3*16-/m111/s1. The predicted molar refractivity (Wildman–Crippen MR) is 508 cm³/mol. The highest BCUT2D eigenvalue weighted by Crippen LogP contribution is 2.52. The quantitative estimate of drug-likeness (QED) is 0.0487. The third-order valence-electron chi connectivity index (χ3n) is 25.0. The van der Waals surface area contributed by atoms with Crippen LogP contribution in [-0.2, 0) is 32.9 Å². The molecule has 147 heavy (non-hydrogen) atoms. The minimum Gasteiger partial charge on any atom is -0.504 e. The molecule has 27 nitrogen and oxygen atoms in total. The number of carbonyl (C=O) groups is 3. The molecule has 3 N–H and O–H groups in total. The Hall–Kier alpha value is -15.3. The predicted octanol–water partition coefficient (Wildman–Crippen LogP) is 20.3. The van der Waals surface area contributed by atoms with E-state index in [1.54, 1.807) is 116 Å². The lowest BCUT2D eigenvalue weighted by Crippen LogP contribution is -2.54. The van der Waals surface area contributed by atoms with E-state index in [1.807, 2.05) is 18.2 Å². The number of aromatic nitrogens is 9. The largest absolute Gasteiger partial charge is 0.504 e. The molecule has 15 rings (SSSR count). The number of phenolic OH excluding ortho intramolecular Hbond substituents is 3. The average Bonchev–Trinajstić information content (AvgIpc) is 0.722. The lowest BCUT2D eigenvalue weighted by Gasteiger charge is -2.41. The summed E-state index contributed by atoms with van der Waals surface area (Å²) in [5.74, 6) is -29.9. The Morgan fingerprint density at radius 2 is 0.619 bits per heavy atom. The van der Waals surface area contributed by atoms with E-state index in [0.29, 0.717) is 33.8 Å². The van der Waals surface area contributed by atoms with E-state index >= 15 is 13.2 Å². The Morgan fingerprint density at radius 1 is 0.395 bits per heavy atom. The van der Waals surface area contributed by atoms with Crippen LogP contribution < -0.4 is 31.4 Å². The number of nitrogens with zero attached hydrogens (tertiary/aromatic N) is 18. The third kappa shape index (κ3) is 19.2. The first kappa shape index (κ1) is 109. The van der Waals surface area contributed by atoms with Crippen LogP contribution in [0.1, 0.15) is 147 Å². The number of carbonyl (C=O) groups excluding carboxylic acids is 3. The van der Waals surface area contributed by atoms with Gasteiger partial charge in [-0.3, -0.25) is 57.4 Å². The second kappa shape index (κ2) is 41.3. The fourth-order valence-corrected chi connectivity index (χ4v) is 19.0.